The van der Waals surface area contributed by atoms with Crippen molar-refractivity contribution in [2.75, 3.05) is 6.54 Å². The minimum absolute atomic E-state index is 0.0191. The average Bonchev–Trinajstić information content (AvgIpc) is 2.52. The van der Waals surface area contributed by atoms with Gasteiger partial charge in [0, 0.05) is 6.54 Å². The van der Waals surface area contributed by atoms with Gasteiger partial charge in [0.25, 0.3) is 5.91 Å². The first-order valence-corrected chi connectivity index (χ1v) is 3.71. The molecule has 1 amide bonds. The van der Waals surface area contributed by atoms with Gasteiger partial charge in [-0.2, -0.15) is 5.10 Å². The molecule has 6 heteroatoms. The molecule has 0 radical (unpaired) electrons. The van der Waals surface area contributed by atoms with Crippen molar-refractivity contribution in [1.29, 1.82) is 0 Å². The maximum Gasteiger partial charge on any atom is 0.339 e. The third-order valence-corrected chi connectivity index (χ3v) is 1.43. The SMILES string of the molecule is CCNC(=O)c1[nH]ncc1C(=O)O. The number of H-pyrrole nitrogens is 1. The Morgan fingerprint density at radius 2 is 2.38 bits per heavy atom. The summed E-state index contributed by atoms with van der Waals surface area (Å²) in [5.74, 6) is -1.63. The fourth-order valence-corrected chi connectivity index (χ4v) is 0.870. The number of carbonyl (C=O) groups excluding carboxylic acids is 1. The summed E-state index contributed by atoms with van der Waals surface area (Å²) in [4.78, 5) is 21.7. The molecule has 0 aromatic carbocycles. The van der Waals surface area contributed by atoms with Gasteiger partial charge in [-0.1, -0.05) is 0 Å². The van der Waals surface area contributed by atoms with E-state index in [2.05, 4.69) is 15.5 Å². The Hall–Kier alpha value is -1.85. The molecule has 0 saturated carbocycles. The van der Waals surface area contributed by atoms with E-state index < -0.39 is 11.9 Å². The minimum Gasteiger partial charge on any atom is -0.478 e. The zero-order chi connectivity index (χ0) is 9.84. The number of aromatic nitrogens is 2. The zero-order valence-corrected chi connectivity index (χ0v) is 7.00. The van der Waals surface area contributed by atoms with Crippen molar-refractivity contribution in [2.24, 2.45) is 0 Å². The molecule has 0 saturated heterocycles. The summed E-state index contributed by atoms with van der Waals surface area (Å²) in [5, 5.41) is 16.9. The number of nitrogens with one attached hydrogen (secondary N) is 2. The number of carboxylic acid groups (broad SMARTS) is 1. The highest BCUT2D eigenvalue weighted by atomic mass is 16.4. The topological polar surface area (TPSA) is 95.1 Å². The normalized spacial score (nSPS) is 9.62. The number of rotatable bonds is 3. The summed E-state index contributed by atoms with van der Waals surface area (Å²) in [5.41, 5.74) is -0.139. The fourth-order valence-electron chi connectivity index (χ4n) is 0.870. The van der Waals surface area contributed by atoms with Crippen molar-refractivity contribution >= 4 is 11.9 Å². The van der Waals surface area contributed by atoms with E-state index in [1.807, 2.05) is 0 Å². The van der Waals surface area contributed by atoms with Crippen LogP contribution in [0.4, 0.5) is 0 Å². The van der Waals surface area contributed by atoms with Gasteiger partial charge in [0.1, 0.15) is 11.3 Å². The highest BCUT2D eigenvalue weighted by Gasteiger charge is 2.17. The molecule has 0 fully saturated rings. The lowest BCUT2D eigenvalue weighted by atomic mass is 10.2. The van der Waals surface area contributed by atoms with Crippen molar-refractivity contribution in [3.63, 3.8) is 0 Å². The number of aromatic carboxylic acids is 1. The first-order chi connectivity index (χ1) is 6.16. The summed E-state index contributed by atoms with van der Waals surface area (Å²) in [7, 11) is 0. The molecule has 0 atom stereocenters. The van der Waals surface area contributed by atoms with Crippen LogP contribution in [0.5, 0.6) is 0 Å². The number of carbonyl (C=O) groups is 2. The van der Waals surface area contributed by atoms with Crippen molar-refractivity contribution < 1.29 is 14.7 Å². The predicted octanol–water partition coefficient (Wildman–Crippen LogP) is -0.142. The number of nitrogens with zero attached hydrogens (tertiary/aromatic N) is 1. The standard InChI is InChI=1S/C7H9N3O3/c1-2-8-6(11)5-4(7(12)13)3-9-10-5/h3H,2H2,1H3,(H,8,11)(H,9,10)(H,12,13). The maximum absolute atomic E-state index is 11.2. The molecule has 0 aliphatic carbocycles. The fraction of sp³-hybridized carbons (Fsp3) is 0.286. The molecule has 6 nitrogen and oxygen atoms in total. The van der Waals surface area contributed by atoms with Gasteiger partial charge in [-0.15, -0.1) is 0 Å². The van der Waals surface area contributed by atoms with Crippen LogP contribution in [0.15, 0.2) is 6.20 Å². The summed E-state index contributed by atoms with van der Waals surface area (Å²) < 4.78 is 0. The highest BCUT2D eigenvalue weighted by Crippen LogP contribution is 2.03. The monoisotopic (exact) mass is 183 g/mol. The van der Waals surface area contributed by atoms with Gasteiger partial charge in [0.2, 0.25) is 0 Å². The average molecular weight is 183 g/mol. The van der Waals surface area contributed by atoms with Gasteiger partial charge >= 0.3 is 5.97 Å². The Morgan fingerprint density at radius 1 is 1.69 bits per heavy atom. The van der Waals surface area contributed by atoms with Crippen LogP contribution in [0.2, 0.25) is 0 Å². The molecule has 1 aromatic rings. The Bertz CT molecular complexity index is 331. The van der Waals surface area contributed by atoms with Crippen LogP contribution < -0.4 is 5.32 Å². The van der Waals surface area contributed by atoms with E-state index in [4.69, 9.17) is 5.11 Å². The molecule has 0 aliphatic rings. The molecule has 0 aliphatic heterocycles. The molecule has 0 bridgehead atoms. The molecule has 3 N–H and O–H groups in total. The van der Waals surface area contributed by atoms with E-state index in [0.717, 1.165) is 6.20 Å². The zero-order valence-electron chi connectivity index (χ0n) is 7.00. The Kier molecular flexibility index (Phi) is 2.63. The Labute approximate surface area is 74.0 Å². The van der Waals surface area contributed by atoms with Crippen LogP contribution in [-0.2, 0) is 0 Å². The molecule has 0 unspecified atom stereocenters. The van der Waals surface area contributed by atoms with E-state index >= 15 is 0 Å². The van der Waals surface area contributed by atoms with Gasteiger partial charge in [0.15, 0.2) is 0 Å². The van der Waals surface area contributed by atoms with E-state index in [0.29, 0.717) is 6.54 Å². The molecule has 1 heterocycles. The second-order valence-electron chi connectivity index (χ2n) is 2.32. The van der Waals surface area contributed by atoms with Crippen LogP contribution in [0.25, 0.3) is 0 Å². The second kappa shape index (κ2) is 3.70. The van der Waals surface area contributed by atoms with Crippen LogP contribution in [0, 0.1) is 0 Å². The van der Waals surface area contributed by atoms with Crippen molar-refractivity contribution in [3.05, 3.63) is 17.5 Å². The van der Waals surface area contributed by atoms with Crippen molar-refractivity contribution in [2.45, 2.75) is 6.92 Å². The van der Waals surface area contributed by atoms with Crippen molar-refractivity contribution in [1.82, 2.24) is 15.5 Å². The van der Waals surface area contributed by atoms with Crippen LogP contribution in [0.1, 0.15) is 27.8 Å². The van der Waals surface area contributed by atoms with Gasteiger partial charge in [-0.25, -0.2) is 4.79 Å². The largest absolute Gasteiger partial charge is 0.478 e. The van der Waals surface area contributed by atoms with Gasteiger partial charge in [-0.05, 0) is 6.92 Å². The molecule has 70 valence electrons. The van der Waals surface area contributed by atoms with E-state index in [-0.39, 0.29) is 11.3 Å². The van der Waals surface area contributed by atoms with Gasteiger partial charge < -0.3 is 10.4 Å². The summed E-state index contributed by atoms with van der Waals surface area (Å²) in [6, 6.07) is 0. The van der Waals surface area contributed by atoms with Crippen molar-refractivity contribution in [3.8, 4) is 0 Å². The number of hydrogen-bond donors (Lipinski definition) is 3. The summed E-state index contributed by atoms with van der Waals surface area (Å²) in [6.07, 6.45) is 1.10. The first kappa shape index (κ1) is 9.24. The molecule has 0 spiro atoms. The maximum atomic E-state index is 11.2. The minimum atomic E-state index is -1.17. The predicted molar refractivity (Wildman–Crippen MR) is 43.6 cm³/mol. The molecule has 13 heavy (non-hydrogen) atoms. The molecular formula is C7H9N3O3. The Balaban J connectivity index is 2.93. The third kappa shape index (κ3) is 1.84. The summed E-state index contributed by atoms with van der Waals surface area (Å²) in [6.45, 7) is 2.19. The molecule has 1 rings (SSSR count). The van der Waals surface area contributed by atoms with Gasteiger partial charge in [-0.3, -0.25) is 9.89 Å². The van der Waals surface area contributed by atoms with Crippen LogP contribution in [0.3, 0.4) is 0 Å². The number of aromatic amines is 1. The van der Waals surface area contributed by atoms with Gasteiger partial charge in [0.05, 0.1) is 6.20 Å². The smallest absolute Gasteiger partial charge is 0.339 e. The lowest BCUT2D eigenvalue weighted by Gasteiger charge is -1.99. The van der Waals surface area contributed by atoms with E-state index in [9.17, 15) is 9.59 Å². The Morgan fingerprint density at radius 3 is 2.92 bits per heavy atom. The molecular weight excluding hydrogens is 174 g/mol. The quantitative estimate of drug-likeness (QED) is 0.607. The number of amides is 1. The van der Waals surface area contributed by atoms with Crippen LogP contribution in [-0.4, -0.2) is 33.7 Å². The first-order valence-electron chi connectivity index (χ1n) is 3.71. The number of hydrogen-bond acceptors (Lipinski definition) is 3. The lowest BCUT2D eigenvalue weighted by molar-refractivity contribution is 0.0691. The lowest BCUT2D eigenvalue weighted by Crippen LogP contribution is -2.24. The summed E-state index contributed by atoms with van der Waals surface area (Å²) >= 11 is 0. The van der Waals surface area contributed by atoms with Crippen LogP contribution >= 0.6 is 0 Å². The van der Waals surface area contributed by atoms with E-state index in [1.54, 1.807) is 6.92 Å². The highest BCUT2D eigenvalue weighted by molar-refractivity contribution is 6.03. The third-order valence-electron chi connectivity index (χ3n) is 1.43. The van der Waals surface area contributed by atoms with E-state index in [1.165, 1.54) is 0 Å². The molecule has 1 aromatic heterocycles. The number of carboxylic acids is 1. The second-order valence-corrected chi connectivity index (χ2v) is 2.32.